The fourth-order valence-electron chi connectivity index (χ4n) is 3.95. The second-order valence-electron chi connectivity index (χ2n) is 9.38. The summed E-state index contributed by atoms with van der Waals surface area (Å²) in [7, 11) is 0. The number of hydrogen-bond donors (Lipinski definition) is 1. The molecule has 1 atom stereocenters. The second kappa shape index (κ2) is 10.8. The van der Waals surface area contributed by atoms with Gasteiger partial charge in [-0.3, -0.25) is 4.79 Å². The third kappa shape index (κ3) is 6.88. The zero-order valence-corrected chi connectivity index (χ0v) is 19.2. The van der Waals surface area contributed by atoms with Gasteiger partial charge in [-0.25, -0.2) is 0 Å². The van der Waals surface area contributed by atoms with Gasteiger partial charge in [0.1, 0.15) is 6.10 Å². The normalized spacial score (nSPS) is 16.2. The van der Waals surface area contributed by atoms with Gasteiger partial charge in [-0.2, -0.15) is 0 Å². The Morgan fingerprint density at radius 2 is 1.72 bits per heavy atom. The first-order valence-corrected chi connectivity index (χ1v) is 11.2. The van der Waals surface area contributed by atoms with E-state index in [1.807, 2.05) is 18.7 Å². The molecule has 1 N–H and O–H groups in total. The first kappa shape index (κ1) is 23.5. The van der Waals surface area contributed by atoms with Crippen molar-refractivity contribution in [3.63, 3.8) is 0 Å². The minimum atomic E-state index is -0.864. The smallest absolute Gasteiger partial charge is 0.251 e. The number of hydrogen-bond acceptors (Lipinski definition) is 3. The molecule has 4 heteroatoms. The van der Waals surface area contributed by atoms with Crippen LogP contribution in [0.3, 0.4) is 0 Å². The first-order valence-electron chi connectivity index (χ1n) is 11.2. The van der Waals surface area contributed by atoms with Crippen molar-refractivity contribution < 1.29 is 9.90 Å². The van der Waals surface area contributed by atoms with Crippen LogP contribution >= 0.6 is 0 Å². The minimum absolute atomic E-state index is 0.103. The fourth-order valence-corrected chi connectivity index (χ4v) is 3.95. The fraction of sp³-hybridized carbons (Fsp3) is 0.640. The average molecular weight is 401 g/mol. The topological polar surface area (TPSA) is 43.8 Å². The summed E-state index contributed by atoms with van der Waals surface area (Å²) in [6, 6.07) is 9.34. The van der Waals surface area contributed by atoms with Crippen molar-refractivity contribution in [2.24, 2.45) is 5.92 Å². The van der Waals surface area contributed by atoms with Gasteiger partial charge < -0.3 is 14.9 Å². The number of nitrogens with zero attached hydrogens (tertiary/aromatic N) is 2. The molecule has 162 valence electrons. The molecule has 0 radical (unpaired) electrons. The van der Waals surface area contributed by atoms with Gasteiger partial charge in [0.15, 0.2) is 0 Å². The van der Waals surface area contributed by atoms with E-state index in [2.05, 4.69) is 62.9 Å². The van der Waals surface area contributed by atoms with Gasteiger partial charge in [0, 0.05) is 31.4 Å². The molecular formula is C25H40N2O2. The standard InChI is InChI=1S/C25H40N2O2/c1-18(2)11-16-27(22-9-7-21(8-10-22)20(5)6)23-12-14-26(15-13-23)25(29)24(28)17-19(3)4/h7-11,19-20,23-24,28H,12-17H2,1-6H3/t24-/m0/s1. The SMILES string of the molecule is CC(C)=CCN(c1ccc(C(C)C)cc1)C1CCN(C(=O)[C@@H](O)CC(C)C)CC1. The van der Waals surface area contributed by atoms with Crippen LogP contribution in [0.5, 0.6) is 0 Å². The van der Waals surface area contributed by atoms with Gasteiger partial charge in [0.25, 0.3) is 5.91 Å². The lowest BCUT2D eigenvalue weighted by Gasteiger charge is -2.40. The van der Waals surface area contributed by atoms with Crippen molar-refractivity contribution in [3.8, 4) is 0 Å². The number of allylic oxidation sites excluding steroid dienone is 1. The number of carbonyl (C=O) groups is 1. The number of likely N-dealkylation sites (tertiary alicyclic amines) is 1. The van der Waals surface area contributed by atoms with Gasteiger partial charge in [-0.1, -0.05) is 51.5 Å². The van der Waals surface area contributed by atoms with Crippen molar-refractivity contribution in [3.05, 3.63) is 41.5 Å². The van der Waals surface area contributed by atoms with E-state index in [1.165, 1.54) is 16.8 Å². The van der Waals surface area contributed by atoms with Crippen LogP contribution in [0.25, 0.3) is 0 Å². The number of anilines is 1. The van der Waals surface area contributed by atoms with Gasteiger partial charge in [-0.05, 0) is 62.6 Å². The van der Waals surface area contributed by atoms with Gasteiger partial charge in [-0.15, -0.1) is 0 Å². The van der Waals surface area contributed by atoms with Crippen LogP contribution in [0.1, 0.15) is 72.3 Å². The Bertz CT molecular complexity index is 667. The molecule has 1 saturated heterocycles. The van der Waals surface area contributed by atoms with Crippen molar-refractivity contribution in [2.75, 3.05) is 24.5 Å². The lowest BCUT2D eigenvalue weighted by molar-refractivity contribution is -0.142. The molecule has 0 saturated carbocycles. The summed E-state index contributed by atoms with van der Waals surface area (Å²) >= 11 is 0. The molecule has 1 amide bonds. The highest BCUT2D eigenvalue weighted by atomic mass is 16.3. The van der Waals surface area contributed by atoms with Crippen molar-refractivity contribution in [1.82, 2.24) is 4.90 Å². The Hall–Kier alpha value is -1.81. The van der Waals surface area contributed by atoms with Crippen LogP contribution < -0.4 is 4.90 Å². The van der Waals surface area contributed by atoms with Crippen molar-refractivity contribution >= 4 is 11.6 Å². The lowest BCUT2D eigenvalue weighted by atomic mass is 9.98. The molecule has 0 aromatic heterocycles. The second-order valence-corrected chi connectivity index (χ2v) is 9.38. The minimum Gasteiger partial charge on any atom is -0.383 e. The van der Waals surface area contributed by atoms with Crippen LogP contribution in [-0.2, 0) is 4.79 Å². The molecule has 2 rings (SSSR count). The van der Waals surface area contributed by atoms with Crippen LogP contribution in [0.2, 0.25) is 0 Å². The highest BCUT2D eigenvalue weighted by molar-refractivity contribution is 5.80. The highest BCUT2D eigenvalue weighted by Gasteiger charge is 2.30. The summed E-state index contributed by atoms with van der Waals surface area (Å²) in [6.45, 7) is 15.1. The molecule has 0 aliphatic carbocycles. The van der Waals surface area contributed by atoms with E-state index in [1.54, 1.807) is 0 Å². The monoisotopic (exact) mass is 400 g/mol. The van der Waals surface area contributed by atoms with Crippen LogP contribution in [0.4, 0.5) is 5.69 Å². The average Bonchev–Trinajstić information content (AvgIpc) is 2.67. The van der Waals surface area contributed by atoms with Crippen LogP contribution in [0.15, 0.2) is 35.9 Å². The summed E-state index contributed by atoms with van der Waals surface area (Å²) < 4.78 is 0. The van der Waals surface area contributed by atoms with E-state index in [0.29, 0.717) is 37.4 Å². The Labute approximate surface area is 177 Å². The van der Waals surface area contributed by atoms with Crippen molar-refractivity contribution in [2.45, 2.75) is 78.9 Å². The number of benzene rings is 1. The molecule has 1 fully saturated rings. The van der Waals surface area contributed by atoms with Crippen molar-refractivity contribution in [1.29, 1.82) is 0 Å². The molecule has 1 heterocycles. The number of piperidine rings is 1. The zero-order valence-electron chi connectivity index (χ0n) is 19.2. The molecule has 1 aliphatic rings. The van der Waals surface area contributed by atoms with E-state index in [0.717, 1.165) is 19.4 Å². The van der Waals surface area contributed by atoms with Crippen LogP contribution in [-0.4, -0.2) is 47.7 Å². The predicted molar refractivity (Wildman–Crippen MR) is 122 cm³/mol. The third-order valence-corrected chi connectivity index (χ3v) is 5.78. The Morgan fingerprint density at radius 3 is 2.21 bits per heavy atom. The molecule has 29 heavy (non-hydrogen) atoms. The molecular weight excluding hydrogens is 360 g/mol. The first-order chi connectivity index (χ1) is 13.7. The number of aliphatic hydroxyl groups excluding tert-OH is 1. The van der Waals surface area contributed by atoms with Gasteiger partial charge in [0.2, 0.25) is 0 Å². The summed E-state index contributed by atoms with van der Waals surface area (Å²) in [6.07, 6.45) is 3.82. The Morgan fingerprint density at radius 1 is 1.14 bits per heavy atom. The zero-order chi connectivity index (χ0) is 21.6. The summed E-state index contributed by atoms with van der Waals surface area (Å²) in [4.78, 5) is 16.9. The summed E-state index contributed by atoms with van der Waals surface area (Å²) in [5.41, 5.74) is 3.92. The molecule has 0 unspecified atom stereocenters. The number of amides is 1. The maximum atomic E-state index is 12.5. The molecule has 1 aliphatic heterocycles. The molecule has 1 aromatic rings. The molecule has 4 nitrogen and oxygen atoms in total. The number of aliphatic hydroxyl groups is 1. The third-order valence-electron chi connectivity index (χ3n) is 5.78. The Kier molecular flexibility index (Phi) is 8.76. The van der Waals surface area contributed by atoms with E-state index in [9.17, 15) is 9.90 Å². The maximum Gasteiger partial charge on any atom is 0.251 e. The number of rotatable bonds is 8. The van der Waals surface area contributed by atoms with E-state index in [-0.39, 0.29) is 5.91 Å². The van der Waals surface area contributed by atoms with Gasteiger partial charge in [0.05, 0.1) is 0 Å². The van der Waals surface area contributed by atoms with E-state index >= 15 is 0 Å². The van der Waals surface area contributed by atoms with E-state index in [4.69, 9.17) is 0 Å². The Balaban J connectivity index is 2.07. The lowest BCUT2D eigenvalue weighted by Crippen LogP contribution is -2.49. The van der Waals surface area contributed by atoms with E-state index < -0.39 is 6.10 Å². The number of carbonyl (C=O) groups excluding carboxylic acids is 1. The summed E-state index contributed by atoms with van der Waals surface area (Å²) in [5.74, 6) is 0.746. The maximum absolute atomic E-state index is 12.5. The molecule has 0 spiro atoms. The predicted octanol–water partition coefficient (Wildman–Crippen LogP) is 4.98. The quantitative estimate of drug-likeness (QED) is 0.626. The molecule has 0 bridgehead atoms. The van der Waals surface area contributed by atoms with Gasteiger partial charge >= 0.3 is 0 Å². The molecule has 1 aromatic carbocycles. The van der Waals surface area contributed by atoms with Crippen LogP contribution in [0, 0.1) is 5.92 Å². The summed E-state index contributed by atoms with van der Waals surface area (Å²) in [5, 5.41) is 10.2. The largest absolute Gasteiger partial charge is 0.383 e. The highest BCUT2D eigenvalue weighted by Crippen LogP contribution is 2.26.